The minimum absolute atomic E-state index is 0.0384. The Morgan fingerprint density at radius 3 is 2.83 bits per heavy atom. The van der Waals surface area contributed by atoms with E-state index in [-0.39, 0.29) is 29.9 Å². The summed E-state index contributed by atoms with van der Waals surface area (Å²) in [5.41, 5.74) is 3.49. The number of carbonyl (C=O) groups excluding carboxylic acids is 2. The van der Waals surface area contributed by atoms with Crippen LogP contribution in [0.3, 0.4) is 0 Å². The molecule has 9 nitrogen and oxygen atoms in total. The molecule has 2 amide bonds. The van der Waals surface area contributed by atoms with Gasteiger partial charge in [0.25, 0.3) is 5.91 Å². The van der Waals surface area contributed by atoms with Gasteiger partial charge in [0.15, 0.2) is 0 Å². The lowest BCUT2D eigenvalue weighted by molar-refractivity contribution is -0.116. The first-order valence-electron chi connectivity index (χ1n) is 13.7. The molecule has 1 saturated carbocycles. The summed E-state index contributed by atoms with van der Waals surface area (Å²) in [6, 6.07) is 13.0. The quantitative estimate of drug-likeness (QED) is 0.474. The summed E-state index contributed by atoms with van der Waals surface area (Å²) in [6.07, 6.45) is 2.52. The van der Waals surface area contributed by atoms with E-state index in [4.69, 9.17) is 21.1 Å². The van der Waals surface area contributed by atoms with E-state index in [0.717, 1.165) is 55.2 Å². The average molecular weight is 560 g/mol. The molecule has 0 bridgehead atoms. The maximum atomic E-state index is 13.1. The van der Waals surface area contributed by atoms with Crippen LogP contribution in [0, 0.1) is 0 Å². The topological polar surface area (TPSA) is 96.0 Å². The van der Waals surface area contributed by atoms with Crippen molar-refractivity contribution >= 4 is 29.2 Å². The van der Waals surface area contributed by atoms with Gasteiger partial charge in [0.1, 0.15) is 29.2 Å². The number of piperazine rings is 1. The van der Waals surface area contributed by atoms with E-state index in [0.29, 0.717) is 40.7 Å². The molecule has 3 atom stereocenters. The van der Waals surface area contributed by atoms with Crippen molar-refractivity contribution in [1.82, 2.24) is 20.1 Å². The Bertz CT molecular complexity index is 1510. The van der Waals surface area contributed by atoms with Gasteiger partial charge in [-0.15, -0.1) is 0 Å². The number of pyridine rings is 1. The number of amides is 2. The highest BCUT2D eigenvalue weighted by atomic mass is 35.5. The second-order valence-electron chi connectivity index (χ2n) is 11.0. The molecule has 1 saturated heterocycles. The van der Waals surface area contributed by atoms with Crippen LogP contribution >= 0.6 is 11.6 Å². The van der Waals surface area contributed by atoms with Crippen LogP contribution in [-0.4, -0.2) is 72.0 Å². The smallest absolute Gasteiger partial charge is 0.251 e. The Balaban J connectivity index is 1.00. The largest absolute Gasteiger partial charge is 0.487 e. The van der Waals surface area contributed by atoms with E-state index in [1.165, 1.54) is 0 Å². The third-order valence-electron chi connectivity index (χ3n) is 8.26. The first-order chi connectivity index (χ1) is 19.4. The first-order valence-corrected chi connectivity index (χ1v) is 14.1. The number of rotatable bonds is 6. The fourth-order valence-corrected chi connectivity index (χ4v) is 6.09. The Labute approximate surface area is 237 Å². The molecule has 1 aromatic heterocycles. The molecule has 3 aromatic rings. The predicted octanol–water partition coefficient (Wildman–Crippen LogP) is 3.82. The Morgan fingerprint density at radius 2 is 2.00 bits per heavy atom. The number of hydrogen-bond acceptors (Lipinski definition) is 7. The molecular formula is C30H30ClN5O4. The molecule has 10 heteroatoms. The van der Waals surface area contributed by atoms with Crippen LogP contribution in [0.4, 0.5) is 5.82 Å². The van der Waals surface area contributed by atoms with Gasteiger partial charge in [-0.1, -0.05) is 17.7 Å². The van der Waals surface area contributed by atoms with Gasteiger partial charge in [-0.2, -0.15) is 0 Å². The van der Waals surface area contributed by atoms with Crippen molar-refractivity contribution in [2.45, 2.75) is 37.5 Å². The number of halogens is 1. The highest BCUT2D eigenvalue weighted by molar-refractivity contribution is 6.31. The lowest BCUT2D eigenvalue weighted by Crippen LogP contribution is -2.43. The van der Waals surface area contributed by atoms with Gasteiger partial charge in [0, 0.05) is 67.1 Å². The number of hydrogen-bond donors (Lipinski definition) is 2. The van der Waals surface area contributed by atoms with Gasteiger partial charge >= 0.3 is 0 Å². The summed E-state index contributed by atoms with van der Waals surface area (Å²) in [4.78, 5) is 33.8. The zero-order valence-corrected chi connectivity index (χ0v) is 22.9. The van der Waals surface area contributed by atoms with Gasteiger partial charge in [0.2, 0.25) is 5.91 Å². The first kappa shape index (κ1) is 25.3. The minimum Gasteiger partial charge on any atom is -0.487 e. The predicted molar refractivity (Wildman–Crippen MR) is 150 cm³/mol. The molecule has 2 N–H and O–H groups in total. The minimum atomic E-state index is -0.157. The fraction of sp³-hybridized carbons (Fsp3) is 0.367. The van der Waals surface area contributed by atoms with E-state index in [1.54, 1.807) is 12.3 Å². The fourth-order valence-electron chi connectivity index (χ4n) is 5.85. The molecule has 40 heavy (non-hydrogen) atoms. The van der Waals surface area contributed by atoms with Gasteiger partial charge in [0.05, 0.1) is 12.0 Å². The number of fused-ring (bicyclic) bond motifs is 4. The van der Waals surface area contributed by atoms with Crippen LogP contribution in [0.2, 0.25) is 5.02 Å². The van der Waals surface area contributed by atoms with Crippen molar-refractivity contribution in [3.8, 4) is 17.2 Å². The normalized spacial score (nSPS) is 23.4. The van der Waals surface area contributed by atoms with Crippen LogP contribution in [0.5, 0.6) is 17.2 Å². The Hall–Kier alpha value is -3.66. The van der Waals surface area contributed by atoms with Crippen LogP contribution in [0.25, 0.3) is 0 Å². The van der Waals surface area contributed by atoms with E-state index in [9.17, 15) is 9.59 Å². The average Bonchev–Trinajstić information content (AvgIpc) is 3.47. The van der Waals surface area contributed by atoms with E-state index < -0.39 is 0 Å². The van der Waals surface area contributed by atoms with Crippen molar-refractivity contribution in [1.29, 1.82) is 0 Å². The third kappa shape index (κ3) is 4.78. The number of likely N-dealkylation sites (N-methyl/N-ethyl adjacent to an activating group) is 1. The van der Waals surface area contributed by atoms with Gasteiger partial charge in [-0.3, -0.25) is 14.5 Å². The highest BCUT2D eigenvalue weighted by Gasteiger charge is 2.59. The summed E-state index contributed by atoms with van der Waals surface area (Å²) in [5, 5.41) is 6.55. The van der Waals surface area contributed by atoms with Gasteiger partial charge < -0.3 is 25.0 Å². The van der Waals surface area contributed by atoms with Crippen molar-refractivity contribution in [3.05, 3.63) is 75.9 Å². The second-order valence-corrected chi connectivity index (χ2v) is 11.4. The van der Waals surface area contributed by atoms with Crippen LogP contribution in [0.15, 0.2) is 48.7 Å². The summed E-state index contributed by atoms with van der Waals surface area (Å²) < 4.78 is 12.3. The lowest BCUT2D eigenvalue weighted by Gasteiger charge is -2.32. The number of benzene rings is 2. The monoisotopic (exact) mass is 559 g/mol. The molecule has 7 rings (SSSR count). The maximum Gasteiger partial charge on any atom is 0.251 e. The molecule has 1 aliphatic carbocycles. The van der Waals surface area contributed by atoms with Crippen molar-refractivity contribution in [3.63, 3.8) is 0 Å². The molecule has 0 radical (unpaired) electrons. The SMILES string of the molecule is CN1CCN(Cc2ccc(C(=O)N[C@H]3[C@H]4Oc5ccc(Oc6ccnc7c6CCC(=O)N7)cc5[C@@H]34)cc2Cl)CC1. The molecule has 206 valence electrons. The second kappa shape index (κ2) is 10.1. The molecule has 2 fully saturated rings. The molecule has 2 aromatic carbocycles. The van der Waals surface area contributed by atoms with Crippen LogP contribution < -0.4 is 20.1 Å². The summed E-state index contributed by atoms with van der Waals surface area (Å²) in [7, 11) is 2.14. The highest BCUT2D eigenvalue weighted by Crippen LogP contribution is 2.54. The number of anilines is 1. The standard InChI is InChI=1S/C30H30ClN5O4/c1-35-10-12-36(13-11-35)16-18-3-2-17(14-22(18)31)30(38)34-27-26-21-15-19(4-6-23(21)40-28(26)27)39-24-8-9-32-29-20(24)5-7-25(37)33-29/h2-4,6,8-9,14-15,26-28H,5,7,10-13,16H2,1H3,(H,34,38)(H,32,33,37)/t26-,27+,28-/m0/s1. The number of ether oxygens (including phenoxy) is 2. The van der Waals surface area contributed by atoms with Crippen molar-refractivity contribution in [2.75, 3.05) is 38.5 Å². The molecule has 3 aliphatic heterocycles. The zero-order chi connectivity index (χ0) is 27.4. The molecular weight excluding hydrogens is 530 g/mol. The molecule has 0 spiro atoms. The number of carbonyl (C=O) groups is 2. The van der Waals surface area contributed by atoms with Crippen molar-refractivity contribution < 1.29 is 19.1 Å². The van der Waals surface area contributed by atoms with Gasteiger partial charge in [-0.05, 0) is 55.4 Å². The number of nitrogens with zero attached hydrogens (tertiary/aromatic N) is 3. The number of nitrogens with one attached hydrogen (secondary N) is 2. The van der Waals surface area contributed by atoms with Crippen LogP contribution in [-0.2, 0) is 17.8 Å². The summed E-state index contributed by atoms with van der Waals surface area (Å²) >= 11 is 6.59. The molecule has 4 heterocycles. The van der Waals surface area contributed by atoms with Crippen molar-refractivity contribution in [2.24, 2.45) is 0 Å². The van der Waals surface area contributed by atoms with Gasteiger partial charge in [-0.25, -0.2) is 4.98 Å². The third-order valence-corrected chi connectivity index (χ3v) is 8.61. The number of aromatic nitrogens is 1. The van der Waals surface area contributed by atoms with E-state index in [2.05, 4.69) is 32.5 Å². The Morgan fingerprint density at radius 1 is 1.15 bits per heavy atom. The Kier molecular flexibility index (Phi) is 6.37. The summed E-state index contributed by atoms with van der Waals surface area (Å²) in [6.45, 7) is 4.90. The maximum absolute atomic E-state index is 13.1. The van der Waals surface area contributed by atoms with Crippen LogP contribution in [0.1, 0.15) is 39.4 Å². The summed E-state index contributed by atoms with van der Waals surface area (Å²) in [5.74, 6) is 2.59. The molecule has 0 unspecified atom stereocenters. The lowest BCUT2D eigenvalue weighted by atomic mass is 10.1. The molecule has 4 aliphatic rings. The zero-order valence-electron chi connectivity index (χ0n) is 22.2. The van der Waals surface area contributed by atoms with E-state index in [1.807, 2.05) is 36.4 Å². The van der Waals surface area contributed by atoms with E-state index >= 15 is 0 Å².